The summed E-state index contributed by atoms with van der Waals surface area (Å²) in [6.07, 6.45) is 6.00. The second kappa shape index (κ2) is 18.7. The van der Waals surface area contributed by atoms with Crippen molar-refractivity contribution in [3.05, 3.63) is 0 Å². The molecule has 0 aliphatic heterocycles. The Kier molecular flexibility index (Phi) is 28.0. The second-order valence-electron chi connectivity index (χ2n) is 2.23. The smallest absolute Gasteiger partial charge is 0.567 e. The number of hydrogen-bond acceptors (Lipinski definition) is 4. The summed E-state index contributed by atoms with van der Waals surface area (Å²) in [4.78, 5) is 15.6. The van der Waals surface area contributed by atoms with Gasteiger partial charge >= 0.3 is 37.8 Å². The van der Waals surface area contributed by atoms with E-state index < -0.39 is 8.25 Å². The van der Waals surface area contributed by atoms with Crippen molar-refractivity contribution < 1.29 is 43.9 Å². The minimum absolute atomic E-state index is 0. The topological polar surface area (TPSA) is 112 Å². The molecule has 0 aromatic rings. The van der Waals surface area contributed by atoms with Crippen LogP contribution in [-0.2, 0) is 4.57 Å². The number of hydrogen-bond donors (Lipinski definition) is 3. The molecule has 5 N–H and O–H groups in total. The van der Waals surface area contributed by atoms with Gasteiger partial charge in [-0.25, -0.2) is 0 Å². The Morgan fingerprint density at radius 1 is 1.15 bits per heavy atom. The fourth-order valence-corrected chi connectivity index (χ4v) is 0.250. The van der Waals surface area contributed by atoms with Crippen LogP contribution in [0.5, 0.6) is 0 Å². The molecule has 0 spiro atoms. The molecule has 0 radical (unpaired) electrons. The minimum Gasteiger partial charge on any atom is -0.567 e. The third kappa shape index (κ3) is 43.9. The summed E-state index contributed by atoms with van der Waals surface area (Å²) >= 11 is 0. The molecule has 1 aliphatic rings. The molecule has 1 atom stereocenters. The van der Waals surface area contributed by atoms with Gasteiger partial charge in [-0.2, -0.15) is 4.89 Å². The van der Waals surface area contributed by atoms with Gasteiger partial charge in [-0.1, -0.05) is 25.7 Å². The van der Waals surface area contributed by atoms with Crippen LogP contribution < -0.4 is 45.9 Å². The van der Waals surface area contributed by atoms with Crippen molar-refractivity contribution in [3.8, 4) is 0 Å². The first-order valence-electron chi connectivity index (χ1n) is 3.88. The first-order chi connectivity index (χ1) is 5.65. The van der Waals surface area contributed by atoms with Gasteiger partial charge in [-0.15, -0.1) is 0 Å². The quantitative estimate of drug-likeness (QED) is 0.312. The van der Waals surface area contributed by atoms with E-state index in [4.69, 9.17) is 25.8 Å². The van der Waals surface area contributed by atoms with E-state index in [0.717, 1.165) is 0 Å². The predicted molar refractivity (Wildman–Crippen MR) is 46.4 cm³/mol. The van der Waals surface area contributed by atoms with Crippen LogP contribution in [0.15, 0.2) is 0 Å². The van der Waals surface area contributed by atoms with Gasteiger partial charge in [0.05, 0.1) is 0 Å². The van der Waals surface area contributed by atoms with E-state index in [1.807, 2.05) is 0 Å². The Morgan fingerprint density at radius 2 is 1.31 bits per heavy atom. The molecule has 1 fully saturated rings. The monoisotopic (exact) mass is 219 g/mol. The van der Waals surface area contributed by atoms with Gasteiger partial charge in [0.2, 0.25) is 0 Å². The van der Waals surface area contributed by atoms with E-state index in [1.165, 1.54) is 25.7 Å². The zero-order valence-electron chi connectivity index (χ0n) is 8.11. The standard InChI is InChI=1S/C4H8.C2H8N2.Na.HO3P/c1-2-4-3-1;3-1-2-4;;1-4(2)3/h2*1-4H2;;(H,1,2,3)/q;;+1;. The van der Waals surface area contributed by atoms with Gasteiger partial charge < -0.3 is 16.4 Å². The van der Waals surface area contributed by atoms with Crippen molar-refractivity contribution in [2.45, 2.75) is 25.7 Å². The van der Waals surface area contributed by atoms with Crippen molar-refractivity contribution >= 4 is 8.25 Å². The first kappa shape index (κ1) is 19.5. The molecule has 5 nitrogen and oxygen atoms in total. The Bertz CT molecular complexity index is 93.9. The fourth-order valence-electron chi connectivity index (χ4n) is 0.250. The SMILES string of the molecule is C1CCC1.NCCN.O=[P+]([O-])O.[Na+]. The predicted octanol–water partition coefficient (Wildman–Crippen LogP) is -3.54. The van der Waals surface area contributed by atoms with Gasteiger partial charge in [0.1, 0.15) is 0 Å². The van der Waals surface area contributed by atoms with Crippen LogP contribution in [0.3, 0.4) is 0 Å². The molecule has 0 saturated heterocycles. The molecule has 1 unspecified atom stereocenters. The van der Waals surface area contributed by atoms with Crippen molar-refractivity contribution in [2.24, 2.45) is 11.5 Å². The summed E-state index contributed by atoms with van der Waals surface area (Å²) in [6, 6.07) is 0. The third-order valence-corrected chi connectivity index (χ3v) is 1.17. The van der Waals surface area contributed by atoms with Gasteiger partial charge in [0.15, 0.2) is 0 Å². The van der Waals surface area contributed by atoms with Crippen LogP contribution in [0.4, 0.5) is 0 Å². The Morgan fingerprint density at radius 3 is 1.31 bits per heavy atom. The molecular formula is C6H17N2NaO3P+. The van der Waals surface area contributed by atoms with Crippen molar-refractivity contribution in [3.63, 3.8) is 0 Å². The molecular weight excluding hydrogens is 202 g/mol. The third-order valence-electron chi connectivity index (χ3n) is 1.17. The molecule has 1 rings (SSSR count). The normalized spacial score (nSPS) is 13.1. The van der Waals surface area contributed by atoms with E-state index in [9.17, 15) is 0 Å². The van der Waals surface area contributed by atoms with Gasteiger partial charge in [-0.3, -0.25) is 0 Å². The molecule has 0 amide bonds. The molecule has 0 heterocycles. The van der Waals surface area contributed by atoms with E-state index in [0.29, 0.717) is 13.1 Å². The molecule has 0 bridgehead atoms. The molecule has 74 valence electrons. The van der Waals surface area contributed by atoms with Crippen LogP contribution in [0.1, 0.15) is 25.7 Å². The van der Waals surface area contributed by atoms with E-state index >= 15 is 0 Å². The average molecular weight is 219 g/mol. The summed E-state index contributed by atoms with van der Waals surface area (Å²) in [5, 5.41) is 0. The maximum atomic E-state index is 8.59. The number of nitrogens with two attached hydrogens (primary N) is 2. The van der Waals surface area contributed by atoms with Gasteiger partial charge in [0, 0.05) is 13.1 Å². The largest absolute Gasteiger partial charge is 1.00 e. The van der Waals surface area contributed by atoms with Crippen LogP contribution in [0.2, 0.25) is 0 Å². The fraction of sp³-hybridized carbons (Fsp3) is 1.00. The van der Waals surface area contributed by atoms with Crippen molar-refractivity contribution in [2.75, 3.05) is 13.1 Å². The van der Waals surface area contributed by atoms with Gasteiger partial charge in [-0.05, 0) is 4.57 Å². The van der Waals surface area contributed by atoms with Crippen molar-refractivity contribution in [1.29, 1.82) is 0 Å². The summed E-state index contributed by atoms with van der Waals surface area (Å²) in [6.45, 7) is 1.19. The molecule has 13 heavy (non-hydrogen) atoms. The second-order valence-corrected chi connectivity index (χ2v) is 2.71. The molecule has 0 aromatic heterocycles. The van der Waals surface area contributed by atoms with Crippen molar-refractivity contribution in [1.82, 2.24) is 0 Å². The summed E-state index contributed by atoms with van der Waals surface area (Å²) in [5.74, 6) is 0. The first-order valence-corrected chi connectivity index (χ1v) is 5.01. The Labute approximate surface area is 102 Å². The maximum Gasteiger partial charge on any atom is 1.00 e. The minimum atomic E-state index is -3.12. The average Bonchev–Trinajstić information content (AvgIpc) is 1.82. The zero-order chi connectivity index (χ0) is 9.82. The summed E-state index contributed by atoms with van der Waals surface area (Å²) in [5.41, 5.74) is 9.81. The maximum absolute atomic E-state index is 8.59. The summed E-state index contributed by atoms with van der Waals surface area (Å²) in [7, 11) is -3.12. The van der Waals surface area contributed by atoms with Crippen LogP contribution in [0, 0.1) is 0 Å². The Hall–Kier alpha value is 0.940. The van der Waals surface area contributed by atoms with E-state index in [1.54, 1.807) is 0 Å². The van der Waals surface area contributed by atoms with E-state index in [2.05, 4.69) is 0 Å². The van der Waals surface area contributed by atoms with Gasteiger partial charge in [0.25, 0.3) is 0 Å². The molecule has 1 saturated carbocycles. The zero-order valence-corrected chi connectivity index (χ0v) is 11.0. The van der Waals surface area contributed by atoms with Crippen LogP contribution in [0.25, 0.3) is 0 Å². The molecule has 0 aromatic carbocycles. The van der Waals surface area contributed by atoms with E-state index in [-0.39, 0.29) is 29.6 Å². The molecule has 7 heteroatoms. The number of rotatable bonds is 1. The summed E-state index contributed by atoms with van der Waals surface area (Å²) < 4.78 is 8.59. The Balaban J connectivity index is -0.000000111. The van der Waals surface area contributed by atoms with Crippen LogP contribution >= 0.6 is 8.25 Å². The van der Waals surface area contributed by atoms with Crippen LogP contribution in [-0.4, -0.2) is 18.0 Å². The molecule has 1 aliphatic carbocycles.